The summed E-state index contributed by atoms with van der Waals surface area (Å²) in [5.41, 5.74) is 0.988. The molecule has 0 aromatic heterocycles. The number of aryl methyl sites for hydroxylation is 1. The second kappa shape index (κ2) is 7.68. The van der Waals surface area contributed by atoms with Crippen molar-refractivity contribution < 1.29 is 19.5 Å². The Morgan fingerprint density at radius 3 is 2.48 bits per heavy atom. The molecule has 2 amide bonds. The lowest BCUT2D eigenvalue weighted by Crippen LogP contribution is -2.41. The molecule has 0 saturated carbocycles. The molecule has 0 spiro atoms. The highest BCUT2D eigenvalue weighted by atomic mass is 16.4. The average Bonchev–Trinajstić information content (AvgIpc) is 2.95. The molecule has 25 heavy (non-hydrogen) atoms. The Labute approximate surface area is 148 Å². The molecule has 1 aromatic rings. The first-order chi connectivity index (χ1) is 11.7. The van der Waals surface area contributed by atoms with Gasteiger partial charge in [0.2, 0.25) is 11.8 Å². The van der Waals surface area contributed by atoms with Gasteiger partial charge in [-0.05, 0) is 38.0 Å². The minimum absolute atomic E-state index is 0.0393. The number of amides is 2. The summed E-state index contributed by atoms with van der Waals surface area (Å²) in [6.07, 6.45) is 2.21. The van der Waals surface area contributed by atoms with E-state index in [0.717, 1.165) is 18.5 Å². The Hall–Kier alpha value is -2.37. The van der Waals surface area contributed by atoms with E-state index < -0.39 is 17.3 Å². The number of nitrogens with zero attached hydrogens (tertiary/aromatic N) is 1. The third-order valence-electron chi connectivity index (χ3n) is 4.57. The number of carbonyl (C=O) groups excluding carboxylic acids is 2. The molecule has 1 unspecified atom stereocenters. The van der Waals surface area contributed by atoms with E-state index in [-0.39, 0.29) is 24.8 Å². The predicted molar refractivity (Wildman–Crippen MR) is 95.3 cm³/mol. The SMILES string of the molecule is CCCc1ccc(N2CC(C(=O)NCC(C)(C)C(=O)O)CC2=O)cc1. The highest BCUT2D eigenvalue weighted by molar-refractivity contribution is 6.00. The Balaban J connectivity index is 1.97. The van der Waals surface area contributed by atoms with E-state index in [1.807, 2.05) is 24.3 Å². The van der Waals surface area contributed by atoms with Crippen LogP contribution >= 0.6 is 0 Å². The quantitative estimate of drug-likeness (QED) is 0.792. The molecule has 0 bridgehead atoms. The molecule has 2 N–H and O–H groups in total. The summed E-state index contributed by atoms with van der Waals surface area (Å²) in [5, 5.41) is 11.8. The summed E-state index contributed by atoms with van der Waals surface area (Å²) in [5.74, 6) is -1.77. The van der Waals surface area contributed by atoms with Gasteiger partial charge in [-0.3, -0.25) is 14.4 Å². The number of rotatable bonds is 7. The van der Waals surface area contributed by atoms with Crippen molar-refractivity contribution in [3.63, 3.8) is 0 Å². The lowest BCUT2D eigenvalue weighted by atomic mass is 9.93. The molecule has 1 aromatic carbocycles. The Kier molecular flexibility index (Phi) is 5.82. The van der Waals surface area contributed by atoms with Crippen molar-refractivity contribution in [3.8, 4) is 0 Å². The molecule has 1 aliphatic rings. The zero-order valence-corrected chi connectivity index (χ0v) is 15.0. The molecular formula is C19H26N2O4. The van der Waals surface area contributed by atoms with Crippen molar-refractivity contribution in [3.05, 3.63) is 29.8 Å². The topological polar surface area (TPSA) is 86.7 Å². The zero-order valence-electron chi connectivity index (χ0n) is 15.0. The minimum atomic E-state index is -1.03. The maximum absolute atomic E-state index is 12.3. The number of carboxylic acid groups (broad SMARTS) is 1. The van der Waals surface area contributed by atoms with Gasteiger partial charge in [0.05, 0.1) is 11.3 Å². The molecule has 1 fully saturated rings. The van der Waals surface area contributed by atoms with E-state index in [0.29, 0.717) is 6.54 Å². The van der Waals surface area contributed by atoms with E-state index in [9.17, 15) is 14.4 Å². The van der Waals surface area contributed by atoms with Gasteiger partial charge in [-0.1, -0.05) is 25.5 Å². The van der Waals surface area contributed by atoms with E-state index in [1.165, 1.54) is 5.56 Å². The van der Waals surface area contributed by atoms with Crippen LogP contribution in [0.5, 0.6) is 0 Å². The fourth-order valence-electron chi connectivity index (χ4n) is 2.79. The molecule has 0 aliphatic carbocycles. The van der Waals surface area contributed by atoms with Crippen LogP contribution in [0, 0.1) is 11.3 Å². The third-order valence-corrected chi connectivity index (χ3v) is 4.57. The van der Waals surface area contributed by atoms with Crippen molar-refractivity contribution in [1.82, 2.24) is 5.32 Å². The first kappa shape index (κ1) is 19.0. The van der Waals surface area contributed by atoms with Crippen molar-refractivity contribution in [2.24, 2.45) is 11.3 Å². The van der Waals surface area contributed by atoms with Crippen molar-refractivity contribution in [1.29, 1.82) is 0 Å². The number of anilines is 1. The molecule has 1 saturated heterocycles. The highest BCUT2D eigenvalue weighted by Crippen LogP contribution is 2.26. The van der Waals surface area contributed by atoms with Crippen LogP contribution in [0.1, 0.15) is 39.2 Å². The fourth-order valence-corrected chi connectivity index (χ4v) is 2.79. The van der Waals surface area contributed by atoms with Gasteiger partial charge < -0.3 is 15.3 Å². The molecule has 6 nitrogen and oxygen atoms in total. The smallest absolute Gasteiger partial charge is 0.310 e. The van der Waals surface area contributed by atoms with Gasteiger partial charge in [-0.15, -0.1) is 0 Å². The van der Waals surface area contributed by atoms with Crippen LogP contribution in [0.4, 0.5) is 5.69 Å². The van der Waals surface area contributed by atoms with Crippen LogP contribution in [-0.2, 0) is 20.8 Å². The van der Waals surface area contributed by atoms with Crippen molar-refractivity contribution >= 4 is 23.5 Å². The van der Waals surface area contributed by atoms with Gasteiger partial charge in [0.25, 0.3) is 0 Å². The average molecular weight is 346 g/mol. The van der Waals surface area contributed by atoms with Crippen LogP contribution in [0.25, 0.3) is 0 Å². The van der Waals surface area contributed by atoms with Gasteiger partial charge in [-0.2, -0.15) is 0 Å². The van der Waals surface area contributed by atoms with E-state index in [4.69, 9.17) is 5.11 Å². The molecule has 6 heteroatoms. The lowest BCUT2D eigenvalue weighted by Gasteiger charge is -2.21. The lowest BCUT2D eigenvalue weighted by molar-refractivity contribution is -0.147. The number of hydrogen-bond donors (Lipinski definition) is 2. The van der Waals surface area contributed by atoms with Crippen LogP contribution in [0.2, 0.25) is 0 Å². The number of hydrogen-bond acceptors (Lipinski definition) is 3. The number of carbonyl (C=O) groups is 3. The fraction of sp³-hybridized carbons (Fsp3) is 0.526. The Bertz CT molecular complexity index is 652. The van der Waals surface area contributed by atoms with Crippen LogP contribution < -0.4 is 10.2 Å². The third kappa shape index (κ3) is 4.59. The van der Waals surface area contributed by atoms with Gasteiger partial charge in [0.15, 0.2) is 0 Å². The second-order valence-electron chi connectivity index (χ2n) is 7.23. The van der Waals surface area contributed by atoms with Gasteiger partial charge in [0, 0.05) is 25.2 Å². The molecule has 1 aliphatic heterocycles. The standard InChI is InChI=1S/C19H26N2O4/c1-4-5-13-6-8-15(9-7-13)21-11-14(10-16(21)22)17(23)20-12-19(2,3)18(24)25/h6-9,14H,4-5,10-12H2,1-3H3,(H,20,23)(H,24,25). The largest absolute Gasteiger partial charge is 0.481 e. The summed E-state index contributed by atoms with van der Waals surface area (Å²) in [6, 6.07) is 7.84. The van der Waals surface area contributed by atoms with E-state index >= 15 is 0 Å². The van der Waals surface area contributed by atoms with Crippen LogP contribution in [-0.4, -0.2) is 36.0 Å². The molecule has 1 atom stereocenters. The molecule has 2 rings (SSSR count). The normalized spacial score (nSPS) is 17.6. The summed E-state index contributed by atoms with van der Waals surface area (Å²) in [6.45, 7) is 5.59. The maximum Gasteiger partial charge on any atom is 0.310 e. The molecule has 0 radical (unpaired) electrons. The van der Waals surface area contributed by atoms with Crippen molar-refractivity contribution in [2.75, 3.05) is 18.0 Å². The van der Waals surface area contributed by atoms with Gasteiger partial charge in [0.1, 0.15) is 0 Å². The summed E-state index contributed by atoms with van der Waals surface area (Å²) >= 11 is 0. The van der Waals surface area contributed by atoms with E-state index in [2.05, 4.69) is 12.2 Å². The first-order valence-electron chi connectivity index (χ1n) is 8.65. The van der Waals surface area contributed by atoms with Gasteiger partial charge >= 0.3 is 5.97 Å². The minimum Gasteiger partial charge on any atom is -0.481 e. The molecular weight excluding hydrogens is 320 g/mol. The number of carboxylic acids is 1. The molecule has 136 valence electrons. The number of nitrogens with one attached hydrogen (secondary N) is 1. The summed E-state index contributed by atoms with van der Waals surface area (Å²) < 4.78 is 0. The summed E-state index contributed by atoms with van der Waals surface area (Å²) in [7, 11) is 0. The second-order valence-corrected chi connectivity index (χ2v) is 7.23. The maximum atomic E-state index is 12.3. The number of aliphatic carboxylic acids is 1. The van der Waals surface area contributed by atoms with E-state index in [1.54, 1.807) is 18.7 Å². The zero-order chi connectivity index (χ0) is 18.6. The van der Waals surface area contributed by atoms with Crippen LogP contribution in [0.3, 0.4) is 0 Å². The summed E-state index contributed by atoms with van der Waals surface area (Å²) in [4.78, 5) is 37.3. The van der Waals surface area contributed by atoms with Gasteiger partial charge in [-0.25, -0.2) is 0 Å². The Morgan fingerprint density at radius 2 is 1.92 bits per heavy atom. The first-order valence-corrected chi connectivity index (χ1v) is 8.65. The number of benzene rings is 1. The molecule has 1 heterocycles. The highest BCUT2D eigenvalue weighted by Gasteiger charge is 2.36. The van der Waals surface area contributed by atoms with Crippen molar-refractivity contribution in [2.45, 2.75) is 40.0 Å². The monoisotopic (exact) mass is 346 g/mol. The predicted octanol–water partition coefficient (Wildman–Crippen LogP) is 2.22. The Morgan fingerprint density at radius 1 is 1.28 bits per heavy atom. The van der Waals surface area contributed by atoms with Crippen LogP contribution in [0.15, 0.2) is 24.3 Å².